The van der Waals surface area contributed by atoms with E-state index in [2.05, 4.69) is 20.9 Å². The lowest BCUT2D eigenvalue weighted by molar-refractivity contribution is 0.0169. The molecule has 0 spiro atoms. The Morgan fingerprint density at radius 3 is 2.63 bits per heavy atom. The second-order valence-corrected chi connectivity index (χ2v) is 8.78. The number of likely N-dealkylation sites (tertiary alicyclic amines) is 1. The van der Waals surface area contributed by atoms with E-state index in [1.807, 2.05) is 31.5 Å². The number of piperidine rings is 1. The molecule has 3 rings (SSSR count). The van der Waals surface area contributed by atoms with Crippen LogP contribution in [0, 0.1) is 11.7 Å². The fourth-order valence-corrected chi connectivity index (χ4v) is 4.04. The maximum Gasteiger partial charge on any atom is 0.410 e. The van der Waals surface area contributed by atoms with Gasteiger partial charge in [-0.2, -0.15) is 0 Å². The Kier molecular flexibility index (Phi) is 5.89. The van der Waals surface area contributed by atoms with Gasteiger partial charge in [0.1, 0.15) is 11.4 Å². The van der Waals surface area contributed by atoms with Gasteiger partial charge < -0.3 is 14.2 Å². The van der Waals surface area contributed by atoms with E-state index in [0.29, 0.717) is 13.1 Å². The van der Waals surface area contributed by atoms with Crippen LogP contribution >= 0.6 is 15.9 Å². The van der Waals surface area contributed by atoms with Crippen LogP contribution in [0.4, 0.5) is 9.18 Å². The molecule has 1 aromatic heterocycles. The third-order valence-electron chi connectivity index (χ3n) is 4.76. The summed E-state index contributed by atoms with van der Waals surface area (Å²) >= 11 is 3.57. The summed E-state index contributed by atoms with van der Waals surface area (Å²) in [5.74, 6) is 0.000456. The zero-order valence-electron chi connectivity index (χ0n) is 15.9. The second-order valence-electron chi connectivity index (χ2n) is 7.93. The highest BCUT2D eigenvalue weighted by molar-refractivity contribution is 9.10. The number of aromatic nitrogens is 2. The molecule has 2 aromatic rings. The summed E-state index contributed by atoms with van der Waals surface area (Å²) in [6, 6.07) is 4.72. The molecule has 146 valence electrons. The second kappa shape index (κ2) is 8.00. The highest BCUT2D eigenvalue weighted by atomic mass is 79.9. The Hall–Kier alpha value is -1.89. The Bertz CT molecular complexity index is 781. The molecule has 1 fully saturated rings. The fourth-order valence-electron chi connectivity index (χ4n) is 3.56. The van der Waals surface area contributed by atoms with E-state index >= 15 is 0 Å². The molecule has 1 aromatic carbocycles. The van der Waals surface area contributed by atoms with Gasteiger partial charge in [0.15, 0.2) is 0 Å². The summed E-state index contributed by atoms with van der Waals surface area (Å²) in [7, 11) is 0. The average molecular weight is 438 g/mol. The first kappa shape index (κ1) is 19.9. The van der Waals surface area contributed by atoms with Gasteiger partial charge in [0.05, 0.1) is 12.4 Å². The van der Waals surface area contributed by atoms with Crippen LogP contribution in [0.3, 0.4) is 0 Å². The van der Waals surface area contributed by atoms with Crippen molar-refractivity contribution in [2.45, 2.75) is 45.3 Å². The third kappa shape index (κ3) is 4.89. The van der Waals surface area contributed by atoms with Crippen molar-refractivity contribution in [2.24, 2.45) is 5.92 Å². The normalized spacial score (nSPS) is 17.0. The number of rotatable bonds is 3. The molecule has 0 radical (unpaired) electrons. The standard InChI is InChI=1S/C20H25BrFN3O2/c1-20(2,3)27-19(26)24-9-6-14(7-10-24)18(25-11-8-23-13-25)16-12-15(22)4-5-17(16)21/h4-5,8,11-14,18H,6-7,9-10H2,1-3H3. The van der Waals surface area contributed by atoms with Crippen molar-refractivity contribution in [3.05, 3.63) is 52.8 Å². The monoisotopic (exact) mass is 437 g/mol. The highest BCUT2D eigenvalue weighted by Crippen LogP contribution is 2.37. The molecule has 1 aliphatic rings. The van der Waals surface area contributed by atoms with Crippen molar-refractivity contribution in [1.82, 2.24) is 14.5 Å². The number of imidazole rings is 1. The molecule has 0 saturated carbocycles. The number of amides is 1. The SMILES string of the molecule is CC(C)(C)OC(=O)N1CCC(C(c2cc(F)ccc2Br)n2ccnc2)CC1. The van der Waals surface area contributed by atoms with Crippen LogP contribution in [0.25, 0.3) is 0 Å². The van der Waals surface area contributed by atoms with Crippen LogP contribution in [0.2, 0.25) is 0 Å². The summed E-state index contributed by atoms with van der Waals surface area (Å²) < 4.78 is 22.3. The van der Waals surface area contributed by atoms with Gasteiger partial charge in [0, 0.05) is 30.0 Å². The maximum absolute atomic E-state index is 13.9. The molecule has 1 amide bonds. The molecule has 2 heterocycles. The average Bonchev–Trinajstić information content (AvgIpc) is 3.11. The lowest BCUT2D eigenvalue weighted by Crippen LogP contribution is -2.43. The zero-order chi connectivity index (χ0) is 19.6. The Labute approximate surface area is 167 Å². The van der Waals surface area contributed by atoms with Crippen LogP contribution in [-0.4, -0.2) is 39.2 Å². The first-order chi connectivity index (χ1) is 12.7. The molecule has 0 bridgehead atoms. The minimum absolute atomic E-state index is 0.0432. The summed E-state index contributed by atoms with van der Waals surface area (Å²) in [6.45, 7) is 6.85. The molecule has 0 N–H and O–H groups in total. The van der Waals surface area contributed by atoms with E-state index < -0.39 is 5.60 Å². The quantitative estimate of drug-likeness (QED) is 0.676. The van der Waals surface area contributed by atoms with Gasteiger partial charge in [-0.05, 0) is 63.3 Å². The molecule has 27 heavy (non-hydrogen) atoms. The number of hydrogen-bond donors (Lipinski definition) is 0. The summed E-state index contributed by atoms with van der Waals surface area (Å²) in [4.78, 5) is 18.2. The smallest absolute Gasteiger partial charge is 0.410 e. The van der Waals surface area contributed by atoms with Gasteiger partial charge in [0.2, 0.25) is 0 Å². The number of nitrogens with zero attached hydrogens (tertiary/aromatic N) is 3. The van der Waals surface area contributed by atoms with E-state index in [4.69, 9.17) is 4.74 Å². The Morgan fingerprint density at radius 2 is 2.04 bits per heavy atom. The van der Waals surface area contributed by atoms with Gasteiger partial charge in [-0.15, -0.1) is 0 Å². The first-order valence-electron chi connectivity index (χ1n) is 9.15. The van der Waals surface area contributed by atoms with E-state index in [1.165, 1.54) is 6.07 Å². The molecular weight excluding hydrogens is 413 g/mol. The first-order valence-corrected chi connectivity index (χ1v) is 9.94. The number of halogens is 2. The van der Waals surface area contributed by atoms with Crippen molar-refractivity contribution >= 4 is 22.0 Å². The van der Waals surface area contributed by atoms with E-state index in [1.54, 1.807) is 29.6 Å². The highest BCUT2D eigenvalue weighted by Gasteiger charge is 2.33. The molecule has 0 aliphatic carbocycles. The van der Waals surface area contributed by atoms with Crippen LogP contribution in [0.1, 0.15) is 45.2 Å². The van der Waals surface area contributed by atoms with Gasteiger partial charge >= 0.3 is 6.09 Å². The van der Waals surface area contributed by atoms with E-state index in [-0.39, 0.29) is 23.9 Å². The lowest BCUT2D eigenvalue weighted by Gasteiger charge is -2.37. The zero-order valence-corrected chi connectivity index (χ0v) is 17.4. The van der Waals surface area contributed by atoms with E-state index in [0.717, 1.165) is 22.9 Å². The summed E-state index contributed by atoms with van der Waals surface area (Å²) in [6.07, 6.45) is 6.75. The fraction of sp³-hybridized carbons (Fsp3) is 0.500. The third-order valence-corrected chi connectivity index (χ3v) is 5.48. The Morgan fingerprint density at radius 1 is 1.33 bits per heavy atom. The molecule has 7 heteroatoms. The topological polar surface area (TPSA) is 47.4 Å². The van der Waals surface area contributed by atoms with Crippen LogP contribution in [0.5, 0.6) is 0 Å². The van der Waals surface area contributed by atoms with E-state index in [9.17, 15) is 9.18 Å². The lowest BCUT2D eigenvalue weighted by atomic mass is 9.85. The van der Waals surface area contributed by atoms with Crippen molar-refractivity contribution in [2.75, 3.05) is 13.1 Å². The summed E-state index contributed by atoms with van der Waals surface area (Å²) in [5, 5.41) is 0. The summed E-state index contributed by atoms with van der Waals surface area (Å²) in [5.41, 5.74) is 0.392. The van der Waals surface area contributed by atoms with Gasteiger partial charge in [-0.1, -0.05) is 15.9 Å². The number of carbonyl (C=O) groups is 1. The molecular formula is C20H25BrFN3O2. The molecule has 5 nitrogen and oxygen atoms in total. The van der Waals surface area contributed by atoms with Crippen molar-refractivity contribution in [3.8, 4) is 0 Å². The van der Waals surface area contributed by atoms with Crippen molar-refractivity contribution in [1.29, 1.82) is 0 Å². The predicted molar refractivity (Wildman–Crippen MR) is 105 cm³/mol. The van der Waals surface area contributed by atoms with Crippen molar-refractivity contribution in [3.63, 3.8) is 0 Å². The molecule has 1 unspecified atom stereocenters. The van der Waals surface area contributed by atoms with Gasteiger partial charge in [-0.3, -0.25) is 0 Å². The van der Waals surface area contributed by atoms with Crippen LogP contribution in [0.15, 0.2) is 41.4 Å². The van der Waals surface area contributed by atoms with Gasteiger partial charge in [-0.25, -0.2) is 14.2 Å². The number of benzene rings is 1. The molecule has 1 atom stereocenters. The van der Waals surface area contributed by atoms with Crippen molar-refractivity contribution < 1.29 is 13.9 Å². The Balaban J connectivity index is 1.78. The number of carbonyl (C=O) groups excluding carboxylic acids is 1. The molecule has 1 aliphatic heterocycles. The van der Waals surface area contributed by atoms with Crippen LogP contribution < -0.4 is 0 Å². The minimum atomic E-state index is -0.500. The largest absolute Gasteiger partial charge is 0.444 e. The minimum Gasteiger partial charge on any atom is -0.444 e. The number of hydrogen-bond acceptors (Lipinski definition) is 3. The predicted octanol–water partition coefficient (Wildman–Crippen LogP) is 5.02. The number of ether oxygens (including phenoxy) is 1. The molecule has 1 saturated heterocycles. The van der Waals surface area contributed by atoms with Crippen LogP contribution in [-0.2, 0) is 4.74 Å². The van der Waals surface area contributed by atoms with Gasteiger partial charge in [0.25, 0.3) is 0 Å². The maximum atomic E-state index is 13.9.